The SMILES string of the molecule is Cc1c(Oc2ccnc(Cl)c2)ccc(N)c1F. The van der Waals surface area contributed by atoms with Gasteiger partial charge in [0.15, 0.2) is 5.82 Å². The highest BCUT2D eigenvalue weighted by Gasteiger charge is 2.09. The Labute approximate surface area is 103 Å². The molecule has 1 heterocycles. The highest BCUT2D eigenvalue weighted by atomic mass is 35.5. The lowest BCUT2D eigenvalue weighted by Gasteiger charge is -2.10. The van der Waals surface area contributed by atoms with Crippen molar-refractivity contribution in [1.29, 1.82) is 0 Å². The molecule has 0 saturated heterocycles. The Morgan fingerprint density at radius 1 is 1.35 bits per heavy atom. The van der Waals surface area contributed by atoms with Gasteiger partial charge >= 0.3 is 0 Å². The van der Waals surface area contributed by atoms with Crippen molar-refractivity contribution in [1.82, 2.24) is 4.98 Å². The molecular weight excluding hydrogens is 243 g/mol. The van der Waals surface area contributed by atoms with Crippen molar-refractivity contribution in [2.75, 3.05) is 5.73 Å². The van der Waals surface area contributed by atoms with Gasteiger partial charge in [0, 0.05) is 17.8 Å². The van der Waals surface area contributed by atoms with Crippen LogP contribution in [0.4, 0.5) is 10.1 Å². The van der Waals surface area contributed by atoms with Crippen LogP contribution in [0.1, 0.15) is 5.56 Å². The van der Waals surface area contributed by atoms with Crippen LogP contribution in [0.25, 0.3) is 0 Å². The number of hydrogen-bond donors (Lipinski definition) is 1. The maximum absolute atomic E-state index is 13.5. The highest BCUT2D eigenvalue weighted by Crippen LogP contribution is 2.29. The Kier molecular flexibility index (Phi) is 3.15. The first-order chi connectivity index (χ1) is 8.08. The number of ether oxygens (including phenoxy) is 1. The fourth-order valence-electron chi connectivity index (χ4n) is 1.37. The molecule has 3 nitrogen and oxygen atoms in total. The summed E-state index contributed by atoms with van der Waals surface area (Å²) in [5.41, 5.74) is 5.90. The number of aromatic nitrogens is 1. The van der Waals surface area contributed by atoms with Crippen LogP contribution in [-0.4, -0.2) is 4.98 Å². The third-order valence-electron chi connectivity index (χ3n) is 2.29. The lowest BCUT2D eigenvalue weighted by molar-refractivity contribution is 0.471. The summed E-state index contributed by atoms with van der Waals surface area (Å²) in [5, 5.41) is 0.316. The predicted octanol–water partition coefficient (Wildman–Crippen LogP) is 3.56. The second kappa shape index (κ2) is 4.59. The molecule has 88 valence electrons. The average molecular weight is 253 g/mol. The minimum Gasteiger partial charge on any atom is -0.457 e. The van der Waals surface area contributed by atoms with Gasteiger partial charge in [-0.2, -0.15) is 0 Å². The lowest BCUT2D eigenvalue weighted by Crippen LogP contribution is -1.96. The molecule has 2 N–H and O–H groups in total. The van der Waals surface area contributed by atoms with E-state index in [0.717, 1.165) is 0 Å². The Balaban J connectivity index is 2.34. The van der Waals surface area contributed by atoms with Crippen LogP contribution in [0, 0.1) is 12.7 Å². The largest absolute Gasteiger partial charge is 0.457 e. The molecule has 2 rings (SSSR count). The molecule has 2 aromatic rings. The summed E-state index contributed by atoms with van der Waals surface area (Å²) in [6, 6.07) is 6.26. The van der Waals surface area contributed by atoms with Crippen LogP contribution >= 0.6 is 11.6 Å². The smallest absolute Gasteiger partial charge is 0.152 e. The summed E-state index contributed by atoms with van der Waals surface area (Å²) in [7, 11) is 0. The van der Waals surface area contributed by atoms with Gasteiger partial charge in [0.25, 0.3) is 0 Å². The molecule has 0 aliphatic rings. The minimum atomic E-state index is -0.470. The zero-order valence-electron chi connectivity index (χ0n) is 9.08. The zero-order chi connectivity index (χ0) is 12.4. The Hall–Kier alpha value is -1.81. The molecule has 0 fully saturated rings. The highest BCUT2D eigenvalue weighted by molar-refractivity contribution is 6.29. The van der Waals surface area contributed by atoms with E-state index in [9.17, 15) is 4.39 Å². The van der Waals surface area contributed by atoms with Gasteiger partial charge in [-0.05, 0) is 25.1 Å². The molecule has 5 heteroatoms. The van der Waals surface area contributed by atoms with Gasteiger partial charge in [0.05, 0.1) is 5.69 Å². The molecule has 0 amide bonds. The fraction of sp³-hybridized carbons (Fsp3) is 0.0833. The molecule has 0 saturated carbocycles. The molecule has 0 aliphatic carbocycles. The second-order valence-corrected chi connectivity index (χ2v) is 3.90. The lowest BCUT2D eigenvalue weighted by atomic mass is 10.2. The Morgan fingerprint density at radius 2 is 2.12 bits per heavy atom. The van der Waals surface area contributed by atoms with Gasteiger partial charge in [0.2, 0.25) is 0 Å². The summed E-state index contributed by atoms with van der Waals surface area (Å²) >= 11 is 5.72. The molecule has 0 aliphatic heterocycles. The van der Waals surface area contributed by atoms with Gasteiger partial charge in [-0.15, -0.1) is 0 Å². The van der Waals surface area contributed by atoms with Crippen molar-refractivity contribution >= 4 is 17.3 Å². The molecule has 0 atom stereocenters. The van der Waals surface area contributed by atoms with Gasteiger partial charge < -0.3 is 10.5 Å². The van der Waals surface area contributed by atoms with E-state index >= 15 is 0 Å². The summed E-state index contributed by atoms with van der Waals surface area (Å²) in [4.78, 5) is 3.83. The maximum Gasteiger partial charge on any atom is 0.152 e. The molecule has 0 bridgehead atoms. The summed E-state index contributed by atoms with van der Waals surface area (Å²) in [6.07, 6.45) is 1.51. The number of nitrogen functional groups attached to an aromatic ring is 1. The number of halogens is 2. The van der Waals surface area contributed by atoms with E-state index in [1.54, 1.807) is 25.1 Å². The monoisotopic (exact) mass is 252 g/mol. The topological polar surface area (TPSA) is 48.1 Å². The van der Waals surface area contributed by atoms with E-state index in [0.29, 0.717) is 22.2 Å². The van der Waals surface area contributed by atoms with Crippen molar-refractivity contribution in [2.45, 2.75) is 6.92 Å². The van der Waals surface area contributed by atoms with Crippen LogP contribution < -0.4 is 10.5 Å². The van der Waals surface area contributed by atoms with Gasteiger partial charge in [-0.3, -0.25) is 0 Å². The minimum absolute atomic E-state index is 0.0996. The number of pyridine rings is 1. The van der Waals surface area contributed by atoms with Crippen molar-refractivity contribution in [3.63, 3.8) is 0 Å². The number of benzene rings is 1. The van der Waals surface area contributed by atoms with Crippen LogP contribution in [-0.2, 0) is 0 Å². The normalized spacial score (nSPS) is 10.3. The van der Waals surface area contributed by atoms with E-state index in [-0.39, 0.29) is 5.69 Å². The van der Waals surface area contributed by atoms with Crippen LogP contribution in [0.3, 0.4) is 0 Å². The summed E-state index contributed by atoms with van der Waals surface area (Å²) < 4.78 is 19.0. The van der Waals surface area contributed by atoms with Crippen molar-refractivity contribution < 1.29 is 9.13 Å². The number of anilines is 1. The zero-order valence-corrected chi connectivity index (χ0v) is 9.83. The van der Waals surface area contributed by atoms with Crippen LogP contribution in [0.15, 0.2) is 30.5 Å². The maximum atomic E-state index is 13.5. The van der Waals surface area contributed by atoms with E-state index in [4.69, 9.17) is 22.1 Å². The first-order valence-corrected chi connectivity index (χ1v) is 5.29. The van der Waals surface area contributed by atoms with Crippen molar-refractivity contribution in [3.05, 3.63) is 47.0 Å². The number of hydrogen-bond acceptors (Lipinski definition) is 3. The van der Waals surface area contributed by atoms with Gasteiger partial charge in [-0.1, -0.05) is 11.6 Å². The molecule has 1 aromatic heterocycles. The van der Waals surface area contributed by atoms with Crippen LogP contribution in [0.2, 0.25) is 5.15 Å². The van der Waals surface area contributed by atoms with E-state index in [1.807, 2.05) is 0 Å². The first kappa shape index (κ1) is 11.7. The molecule has 0 unspecified atom stereocenters. The van der Waals surface area contributed by atoms with E-state index in [2.05, 4.69) is 4.98 Å². The molecule has 1 aromatic carbocycles. The standard InChI is InChI=1S/C12H10ClFN2O/c1-7-10(3-2-9(15)12(7)14)17-8-4-5-16-11(13)6-8/h2-6H,15H2,1H3. The quantitative estimate of drug-likeness (QED) is 0.657. The number of nitrogens with two attached hydrogens (primary N) is 1. The van der Waals surface area contributed by atoms with Crippen LogP contribution in [0.5, 0.6) is 11.5 Å². The first-order valence-electron chi connectivity index (χ1n) is 4.92. The van der Waals surface area contributed by atoms with E-state index < -0.39 is 5.82 Å². The summed E-state index contributed by atoms with van der Waals surface area (Å²) in [6.45, 7) is 1.60. The Bertz CT molecular complexity index is 560. The third kappa shape index (κ3) is 2.47. The predicted molar refractivity (Wildman–Crippen MR) is 64.9 cm³/mol. The van der Waals surface area contributed by atoms with Gasteiger partial charge in [0.1, 0.15) is 16.7 Å². The van der Waals surface area contributed by atoms with Crippen molar-refractivity contribution in [2.24, 2.45) is 0 Å². The molecular formula is C12H10ClFN2O. The van der Waals surface area contributed by atoms with Crippen molar-refractivity contribution in [3.8, 4) is 11.5 Å². The second-order valence-electron chi connectivity index (χ2n) is 3.51. The summed E-state index contributed by atoms with van der Waals surface area (Å²) in [5.74, 6) is 0.430. The fourth-order valence-corrected chi connectivity index (χ4v) is 1.54. The number of rotatable bonds is 2. The Morgan fingerprint density at radius 3 is 2.82 bits per heavy atom. The third-order valence-corrected chi connectivity index (χ3v) is 2.50. The molecule has 0 spiro atoms. The molecule has 0 radical (unpaired) electrons. The molecule has 17 heavy (non-hydrogen) atoms. The number of nitrogens with zero attached hydrogens (tertiary/aromatic N) is 1. The average Bonchev–Trinajstić information content (AvgIpc) is 2.30. The van der Waals surface area contributed by atoms with E-state index in [1.165, 1.54) is 12.3 Å². The van der Waals surface area contributed by atoms with Gasteiger partial charge in [-0.25, -0.2) is 9.37 Å².